The summed E-state index contributed by atoms with van der Waals surface area (Å²) in [4.78, 5) is 10.5. The minimum absolute atomic E-state index is 0.508. The lowest BCUT2D eigenvalue weighted by Gasteiger charge is -2.15. The molecule has 1 aromatic rings. The highest BCUT2D eigenvalue weighted by Gasteiger charge is 2.11. The molecule has 1 aliphatic carbocycles. The fourth-order valence-electron chi connectivity index (χ4n) is 3.32. The first-order chi connectivity index (χ1) is 13.3. The Morgan fingerprint density at radius 2 is 2.00 bits per heavy atom. The molecule has 1 saturated carbocycles. The molecule has 0 radical (unpaired) electrons. The van der Waals surface area contributed by atoms with Gasteiger partial charge in [-0.15, -0.1) is 11.3 Å². The highest BCUT2D eigenvalue weighted by atomic mass is 32.1. The molecule has 0 saturated heterocycles. The van der Waals surface area contributed by atoms with Crippen LogP contribution in [-0.4, -0.2) is 43.3 Å². The van der Waals surface area contributed by atoms with Crippen LogP contribution in [0.25, 0.3) is 0 Å². The molecule has 1 aliphatic rings. The van der Waals surface area contributed by atoms with Crippen molar-refractivity contribution in [1.82, 2.24) is 15.6 Å². The Hall–Kier alpha value is -1.14. The largest absolute Gasteiger partial charge is 0.378 e. The molecule has 0 unspecified atom stereocenters. The molecule has 0 bridgehead atoms. The monoisotopic (exact) mass is 394 g/mol. The average Bonchev–Trinajstić information content (AvgIpc) is 2.98. The number of unbranched alkanes of at least 4 members (excludes halogenated alkanes) is 1. The molecule has 0 aromatic carbocycles. The Bertz CT molecular complexity index is 524. The standard InChI is InChI=1S/C21H38N4OS/c1-3-19-17-25-20(27-19)13-15-24-21(22-4-2)23-14-9-10-16-26-18-11-7-5-6-8-12-18/h17-18H,3-16H2,1-2H3,(H2,22,23,24). The first-order valence-corrected chi connectivity index (χ1v) is 11.7. The van der Waals surface area contributed by atoms with Gasteiger partial charge in [-0.3, -0.25) is 4.99 Å². The van der Waals surface area contributed by atoms with Crippen molar-refractivity contribution in [2.24, 2.45) is 4.99 Å². The van der Waals surface area contributed by atoms with Crippen molar-refractivity contribution in [1.29, 1.82) is 0 Å². The van der Waals surface area contributed by atoms with Crippen LogP contribution < -0.4 is 10.6 Å². The second-order valence-electron chi connectivity index (χ2n) is 7.20. The van der Waals surface area contributed by atoms with Crippen molar-refractivity contribution < 1.29 is 4.74 Å². The number of guanidine groups is 1. The predicted molar refractivity (Wildman–Crippen MR) is 116 cm³/mol. The molecule has 5 nitrogen and oxygen atoms in total. The molecule has 154 valence electrons. The van der Waals surface area contributed by atoms with Crippen molar-refractivity contribution in [3.05, 3.63) is 16.1 Å². The van der Waals surface area contributed by atoms with Gasteiger partial charge in [0.15, 0.2) is 5.96 Å². The van der Waals surface area contributed by atoms with Crippen LogP contribution in [0.4, 0.5) is 0 Å². The zero-order valence-corrected chi connectivity index (χ0v) is 18.1. The Labute approximate surface area is 169 Å². The summed E-state index contributed by atoms with van der Waals surface area (Å²) >= 11 is 1.81. The van der Waals surface area contributed by atoms with Gasteiger partial charge in [-0.1, -0.05) is 32.6 Å². The summed E-state index contributed by atoms with van der Waals surface area (Å²) in [5.74, 6) is 0.912. The van der Waals surface area contributed by atoms with Crippen molar-refractivity contribution in [3.8, 4) is 0 Å². The van der Waals surface area contributed by atoms with Gasteiger partial charge < -0.3 is 15.4 Å². The number of aryl methyl sites for hydroxylation is 1. The van der Waals surface area contributed by atoms with Crippen LogP contribution in [0.3, 0.4) is 0 Å². The van der Waals surface area contributed by atoms with Crippen LogP contribution in [0.1, 0.15) is 75.1 Å². The Morgan fingerprint density at radius 1 is 1.19 bits per heavy atom. The minimum Gasteiger partial charge on any atom is -0.378 e. The molecule has 2 rings (SSSR count). The maximum Gasteiger partial charge on any atom is 0.191 e. The highest BCUT2D eigenvalue weighted by molar-refractivity contribution is 7.11. The van der Waals surface area contributed by atoms with Crippen LogP contribution >= 0.6 is 11.3 Å². The molecule has 0 aliphatic heterocycles. The number of aliphatic imine (C=N–C) groups is 1. The van der Waals surface area contributed by atoms with Gasteiger partial charge in [0.25, 0.3) is 0 Å². The van der Waals surface area contributed by atoms with E-state index in [0.717, 1.165) is 57.9 Å². The van der Waals surface area contributed by atoms with E-state index in [1.807, 2.05) is 17.5 Å². The van der Waals surface area contributed by atoms with E-state index in [1.54, 1.807) is 0 Å². The van der Waals surface area contributed by atoms with Gasteiger partial charge in [-0.05, 0) is 39.0 Å². The van der Waals surface area contributed by atoms with Gasteiger partial charge >= 0.3 is 0 Å². The summed E-state index contributed by atoms with van der Waals surface area (Å²) in [6.07, 6.45) is 14.7. The maximum absolute atomic E-state index is 6.06. The van der Waals surface area contributed by atoms with E-state index in [2.05, 4.69) is 34.5 Å². The molecule has 1 heterocycles. The lowest BCUT2D eigenvalue weighted by atomic mass is 10.1. The summed E-state index contributed by atoms with van der Waals surface area (Å²) in [7, 11) is 0. The second-order valence-corrected chi connectivity index (χ2v) is 8.40. The first kappa shape index (κ1) is 22.2. The number of ether oxygens (including phenoxy) is 1. The second kappa shape index (κ2) is 13.9. The molecule has 0 spiro atoms. The molecule has 6 heteroatoms. The van der Waals surface area contributed by atoms with E-state index >= 15 is 0 Å². The third kappa shape index (κ3) is 9.56. The van der Waals surface area contributed by atoms with E-state index in [0.29, 0.717) is 6.10 Å². The third-order valence-electron chi connectivity index (χ3n) is 4.90. The number of aromatic nitrogens is 1. The number of thiazole rings is 1. The number of nitrogens with zero attached hydrogens (tertiary/aromatic N) is 2. The van der Waals surface area contributed by atoms with Gasteiger partial charge in [0.1, 0.15) is 0 Å². The smallest absolute Gasteiger partial charge is 0.191 e. The number of rotatable bonds is 11. The van der Waals surface area contributed by atoms with Gasteiger partial charge in [0.2, 0.25) is 0 Å². The quantitative estimate of drug-likeness (QED) is 0.254. The van der Waals surface area contributed by atoms with E-state index in [4.69, 9.17) is 4.74 Å². The van der Waals surface area contributed by atoms with Gasteiger partial charge in [-0.25, -0.2) is 4.98 Å². The lowest BCUT2D eigenvalue weighted by Crippen LogP contribution is -2.38. The Kier molecular flexibility index (Phi) is 11.4. The average molecular weight is 395 g/mol. The lowest BCUT2D eigenvalue weighted by molar-refractivity contribution is 0.0413. The minimum atomic E-state index is 0.508. The highest BCUT2D eigenvalue weighted by Crippen LogP contribution is 2.20. The molecular formula is C21H38N4OS. The van der Waals surface area contributed by atoms with Crippen molar-refractivity contribution >= 4 is 17.3 Å². The summed E-state index contributed by atoms with van der Waals surface area (Å²) in [6.45, 7) is 7.76. The van der Waals surface area contributed by atoms with Crippen LogP contribution in [0.2, 0.25) is 0 Å². The van der Waals surface area contributed by atoms with E-state index < -0.39 is 0 Å². The molecule has 1 aromatic heterocycles. The van der Waals surface area contributed by atoms with E-state index in [1.165, 1.54) is 48.4 Å². The fraction of sp³-hybridized carbons (Fsp3) is 0.810. The summed E-state index contributed by atoms with van der Waals surface area (Å²) in [5.41, 5.74) is 0. The van der Waals surface area contributed by atoms with Crippen LogP contribution in [0.5, 0.6) is 0 Å². The summed E-state index contributed by atoms with van der Waals surface area (Å²) < 4.78 is 6.06. The van der Waals surface area contributed by atoms with Gasteiger partial charge in [0.05, 0.1) is 11.1 Å². The summed E-state index contributed by atoms with van der Waals surface area (Å²) in [6, 6.07) is 0. The number of hydrogen-bond acceptors (Lipinski definition) is 4. The first-order valence-electron chi connectivity index (χ1n) is 10.9. The van der Waals surface area contributed by atoms with Crippen molar-refractivity contribution in [2.45, 2.75) is 84.2 Å². The number of hydrogen-bond donors (Lipinski definition) is 2. The zero-order valence-electron chi connectivity index (χ0n) is 17.3. The van der Waals surface area contributed by atoms with Crippen molar-refractivity contribution in [3.63, 3.8) is 0 Å². The molecular weight excluding hydrogens is 356 g/mol. The number of nitrogens with one attached hydrogen (secondary N) is 2. The zero-order chi connectivity index (χ0) is 19.2. The van der Waals surface area contributed by atoms with Crippen LogP contribution in [0.15, 0.2) is 11.2 Å². The Morgan fingerprint density at radius 3 is 2.70 bits per heavy atom. The molecule has 0 atom stereocenters. The van der Waals surface area contributed by atoms with Crippen molar-refractivity contribution in [2.75, 3.05) is 26.2 Å². The van der Waals surface area contributed by atoms with Crippen LogP contribution in [0, 0.1) is 0 Å². The molecule has 2 N–H and O–H groups in total. The van der Waals surface area contributed by atoms with E-state index in [9.17, 15) is 0 Å². The van der Waals surface area contributed by atoms with Gasteiger partial charge in [0, 0.05) is 43.7 Å². The SMILES string of the molecule is CCNC(=NCCCCOC1CCCCCC1)NCCc1ncc(CC)s1. The molecule has 1 fully saturated rings. The topological polar surface area (TPSA) is 58.5 Å². The Balaban J connectivity index is 1.58. The van der Waals surface area contributed by atoms with Crippen LogP contribution in [-0.2, 0) is 17.6 Å². The van der Waals surface area contributed by atoms with Gasteiger partial charge in [-0.2, -0.15) is 0 Å². The van der Waals surface area contributed by atoms with E-state index in [-0.39, 0.29) is 0 Å². The molecule has 27 heavy (non-hydrogen) atoms. The maximum atomic E-state index is 6.06. The molecule has 0 amide bonds. The summed E-state index contributed by atoms with van der Waals surface area (Å²) in [5, 5.41) is 7.95. The third-order valence-corrected chi connectivity index (χ3v) is 6.10. The fourth-order valence-corrected chi connectivity index (χ4v) is 4.18. The predicted octanol–water partition coefficient (Wildman–Crippen LogP) is 4.32. The normalized spacial score (nSPS) is 16.3.